The summed E-state index contributed by atoms with van der Waals surface area (Å²) in [5.41, 5.74) is 3.13. The Hall–Kier alpha value is -4.29. The van der Waals surface area contributed by atoms with Gasteiger partial charge in [0, 0.05) is 23.6 Å². The van der Waals surface area contributed by atoms with Crippen molar-refractivity contribution < 1.29 is 13.2 Å². The topological polar surface area (TPSA) is 118 Å². The highest BCUT2D eigenvalue weighted by Gasteiger charge is 2.17. The average Bonchev–Trinajstić information content (AvgIpc) is 3.21. The molecule has 4 aromatic rings. The van der Waals surface area contributed by atoms with Gasteiger partial charge in [0.05, 0.1) is 27.9 Å². The second kappa shape index (κ2) is 8.68. The van der Waals surface area contributed by atoms with Crippen LogP contribution in [0.4, 0.5) is 5.82 Å². The predicted molar refractivity (Wildman–Crippen MR) is 124 cm³/mol. The van der Waals surface area contributed by atoms with Crippen LogP contribution in [0.3, 0.4) is 0 Å². The summed E-state index contributed by atoms with van der Waals surface area (Å²) in [5, 5.41) is 16.3. The fourth-order valence-corrected chi connectivity index (χ4v) is 4.31. The van der Waals surface area contributed by atoms with Gasteiger partial charge in [0.2, 0.25) is 0 Å². The molecular weight excluding hydrogens is 438 g/mol. The van der Waals surface area contributed by atoms with E-state index in [0.717, 1.165) is 6.26 Å². The van der Waals surface area contributed by atoms with Crippen molar-refractivity contribution in [2.75, 3.05) is 11.6 Å². The zero-order valence-corrected chi connectivity index (χ0v) is 18.7. The Morgan fingerprint density at radius 3 is 2.55 bits per heavy atom. The van der Waals surface area contributed by atoms with Crippen molar-refractivity contribution in [2.24, 2.45) is 0 Å². The number of benzene rings is 2. The monoisotopic (exact) mass is 457 g/mol. The third-order valence-corrected chi connectivity index (χ3v) is 6.04. The number of nitriles is 1. The summed E-state index contributed by atoms with van der Waals surface area (Å²) in [5.74, 6) is -0.119. The average molecular weight is 458 g/mol. The number of aromatic nitrogens is 3. The largest absolute Gasteiger partial charge is 0.305 e. The van der Waals surface area contributed by atoms with Crippen LogP contribution in [-0.4, -0.2) is 35.3 Å². The van der Waals surface area contributed by atoms with Crippen LogP contribution in [-0.2, 0) is 9.84 Å². The molecule has 2 heterocycles. The molecule has 4 rings (SSSR count). The minimum Gasteiger partial charge on any atom is -0.305 e. The van der Waals surface area contributed by atoms with Crippen molar-refractivity contribution in [1.82, 2.24) is 14.8 Å². The van der Waals surface area contributed by atoms with Crippen LogP contribution in [0.2, 0.25) is 0 Å². The minimum absolute atomic E-state index is 0.211. The molecule has 8 nitrogen and oxygen atoms in total. The van der Waals surface area contributed by atoms with Crippen LogP contribution in [0.5, 0.6) is 0 Å². The maximum atomic E-state index is 13.0. The maximum absolute atomic E-state index is 13.0. The second-order valence-electron chi connectivity index (χ2n) is 7.40. The van der Waals surface area contributed by atoms with E-state index in [2.05, 4.69) is 21.5 Å². The Balaban J connectivity index is 1.61. The van der Waals surface area contributed by atoms with Crippen molar-refractivity contribution in [3.63, 3.8) is 0 Å². The SMILES string of the molecule is Cc1cc(C(=O)Nc2ccc(-c3ccccc3S(C)(=O)=O)cn2)n(-c2cccc(C#N)c2)n1. The molecule has 0 aliphatic rings. The van der Waals surface area contributed by atoms with E-state index in [1.807, 2.05) is 0 Å². The third-order valence-electron chi connectivity index (χ3n) is 4.89. The number of carbonyl (C=O) groups is 1. The molecule has 0 fully saturated rings. The van der Waals surface area contributed by atoms with Gasteiger partial charge in [-0.05, 0) is 49.4 Å². The molecule has 0 saturated heterocycles. The first-order valence-electron chi connectivity index (χ1n) is 9.90. The van der Waals surface area contributed by atoms with Crippen LogP contribution in [0, 0.1) is 18.3 Å². The minimum atomic E-state index is -3.41. The van der Waals surface area contributed by atoms with E-state index in [0.29, 0.717) is 33.9 Å². The number of hydrogen-bond acceptors (Lipinski definition) is 6. The quantitative estimate of drug-likeness (QED) is 0.487. The van der Waals surface area contributed by atoms with Gasteiger partial charge in [0.1, 0.15) is 11.5 Å². The highest BCUT2D eigenvalue weighted by molar-refractivity contribution is 7.90. The Kier molecular flexibility index (Phi) is 5.77. The molecule has 33 heavy (non-hydrogen) atoms. The van der Waals surface area contributed by atoms with Crippen LogP contribution in [0.25, 0.3) is 16.8 Å². The van der Waals surface area contributed by atoms with Gasteiger partial charge in [-0.25, -0.2) is 18.1 Å². The molecule has 0 spiro atoms. The summed E-state index contributed by atoms with van der Waals surface area (Å²) in [6, 6.07) is 20.5. The normalized spacial score (nSPS) is 11.1. The molecule has 0 atom stereocenters. The van der Waals surface area contributed by atoms with E-state index in [1.165, 1.54) is 10.9 Å². The van der Waals surface area contributed by atoms with Crippen LogP contribution < -0.4 is 5.32 Å². The van der Waals surface area contributed by atoms with Crippen LogP contribution >= 0.6 is 0 Å². The number of hydrogen-bond donors (Lipinski definition) is 1. The molecule has 0 aliphatic heterocycles. The molecule has 0 saturated carbocycles. The fraction of sp³-hybridized carbons (Fsp3) is 0.0833. The van der Waals surface area contributed by atoms with E-state index in [1.54, 1.807) is 73.7 Å². The van der Waals surface area contributed by atoms with E-state index in [9.17, 15) is 13.2 Å². The molecule has 2 aromatic heterocycles. The smallest absolute Gasteiger partial charge is 0.275 e. The highest BCUT2D eigenvalue weighted by atomic mass is 32.2. The standard InChI is InChI=1S/C24H19N5O3S/c1-16-12-21(29(28-16)19-7-5-6-17(13-19)14-25)24(30)27-23-11-10-18(15-26-23)20-8-3-4-9-22(20)33(2,31)32/h3-13,15H,1-2H3,(H,26,27,30). The number of pyridine rings is 1. The van der Waals surface area contributed by atoms with Gasteiger partial charge in [-0.2, -0.15) is 10.4 Å². The summed E-state index contributed by atoms with van der Waals surface area (Å²) in [6.45, 7) is 1.77. The van der Waals surface area contributed by atoms with Gasteiger partial charge in [-0.1, -0.05) is 24.3 Å². The summed E-state index contributed by atoms with van der Waals surface area (Å²) >= 11 is 0. The summed E-state index contributed by atoms with van der Waals surface area (Å²) < 4.78 is 25.6. The Bertz CT molecular complexity index is 1500. The Morgan fingerprint density at radius 2 is 1.85 bits per heavy atom. The number of nitrogens with zero attached hydrogens (tertiary/aromatic N) is 4. The highest BCUT2D eigenvalue weighted by Crippen LogP contribution is 2.27. The van der Waals surface area contributed by atoms with Gasteiger partial charge in [0.25, 0.3) is 5.91 Å². The first kappa shape index (κ1) is 21.9. The van der Waals surface area contributed by atoms with E-state index >= 15 is 0 Å². The lowest BCUT2D eigenvalue weighted by Gasteiger charge is -2.10. The van der Waals surface area contributed by atoms with Gasteiger partial charge in [0.15, 0.2) is 9.84 Å². The van der Waals surface area contributed by atoms with Crippen molar-refractivity contribution in [1.29, 1.82) is 5.26 Å². The number of amides is 1. The molecular formula is C24H19N5O3S. The van der Waals surface area contributed by atoms with E-state index in [-0.39, 0.29) is 10.6 Å². The van der Waals surface area contributed by atoms with Gasteiger partial charge < -0.3 is 5.32 Å². The first-order valence-corrected chi connectivity index (χ1v) is 11.8. The Labute approximate surface area is 191 Å². The predicted octanol–water partition coefficient (Wildman–Crippen LogP) is 3.77. The molecule has 9 heteroatoms. The molecule has 0 unspecified atom stereocenters. The lowest BCUT2D eigenvalue weighted by molar-refractivity contribution is 0.101. The molecule has 2 aromatic carbocycles. The molecule has 1 amide bonds. The summed E-state index contributed by atoms with van der Waals surface area (Å²) in [4.78, 5) is 17.5. The van der Waals surface area contributed by atoms with Crippen LogP contribution in [0.1, 0.15) is 21.7 Å². The Morgan fingerprint density at radius 1 is 1.06 bits per heavy atom. The van der Waals surface area contributed by atoms with Crippen LogP contribution in [0.15, 0.2) is 77.8 Å². The number of carbonyl (C=O) groups excluding carboxylic acids is 1. The van der Waals surface area contributed by atoms with Crippen molar-refractivity contribution in [3.8, 4) is 22.9 Å². The number of anilines is 1. The second-order valence-corrected chi connectivity index (χ2v) is 9.38. The summed E-state index contributed by atoms with van der Waals surface area (Å²) in [6.07, 6.45) is 2.67. The number of sulfone groups is 1. The molecule has 1 N–H and O–H groups in total. The summed E-state index contributed by atoms with van der Waals surface area (Å²) in [7, 11) is -3.41. The molecule has 0 aliphatic carbocycles. The molecule has 0 bridgehead atoms. The van der Waals surface area contributed by atoms with Gasteiger partial charge in [-0.3, -0.25) is 4.79 Å². The third kappa shape index (κ3) is 4.66. The first-order chi connectivity index (χ1) is 15.8. The zero-order valence-electron chi connectivity index (χ0n) is 17.9. The zero-order chi connectivity index (χ0) is 23.6. The van der Waals surface area contributed by atoms with Crippen molar-refractivity contribution in [3.05, 3.63) is 89.9 Å². The van der Waals surface area contributed by atoms with E-state index < -0.39 is 15.7 Å². The van der Waals surface area contributed by atoms with Crippen molar-refractivity contribution >= 4 is 21.6 Å². The lowest BCUT2D eigenvalue weighted by Crippen LogP contribution is -2.17. The number of nitrogens with one attached hydrogen (secondary N) is 1. The van der Waals surface area contributed by atoms with Crippen molar-refractivity contribution in [2.45, 2.75) is 11.8 Å². The van der Waals surface area contributed by atoms with E-state index in [4.69, 9.17) is 5.26 Å². The number of aryl methyl sites for hydroxylation is 1. The maximum Gasteiger partial charge on any atom is 0.275 e. The number of rotatable bonds is 5. The molecule has 164 valence electrons. The van der Waals surface area contributed by atoms with Gasteiger partial charge >= 0.3 is 0 Å². The van der Waals surface area contributed by atoms with Gasteiger partial charge in [-0.15, -0.1) is 0 Å². The lowest BCUT2D eigenvalue weighted by atomic mass is 10.1. The fourth-order valence-electron chi connectivity index (χ4n) is 3.40. The molecule has 0 radical (unpaired) electrons.